The van der Waals surface area contributed by atoms with E-state index >= 15 is 0 Å². The summed E-state index contributed by atoms with van der Waals surface area (Å²) in [5.41, 5.74) is 0. The average Bonchev–Trinajstić information content (AvgIpc) is 2.92. The van der Waals surface area contributed by atoms with Gasteiger partial charge >= 0.3 is 0 Å². The second-order valence-corrected chi connectivity index (χ2v) is 4.25. The molecule has 0 aromatic carbocycles. The lowest BCUT2D eigenvalue weighted by molar-refractivity contribution is -0.139. The second-order valence-electron chi connectivity index (χ2n) is 4.25. The zero-order valence-corrected chi connectivity index (χ0v) is 12.4. The third-order valence-electron chi connectivity index (χ3n) is 2.98. The fourth-order valence-corrected chi connectivity index (χ4v) is 1.98. The number of carbonyl (C=O) groups is 2. The van der Waals surface area contributed by atoms with E-state index in [1.807, 2.05) is 32.6 Å². The highest BCUT2D eigenvalue weighted by Gasteiger charge is 2.21. The summed E-state index contributed by atoms with van der Waals surface area (Å²) < 4.78 is 0. The molecule has 1 rings (SSSR count). The van der Waals surface area contributed by atoms with Crippen LogP contribution in [0.25, 0.3) is 0 Å². The van der Waals surface area contributed by atoms with Crippen LogP contribution in [0.3, 0.4) is 0 Å². The maximum Gasteiger partial charge on any atom is 0.242 e. The summed E-state index contributed by atoms with van der Waals surface area (Å²) in [7, 11) is 0. The minimum Gasteiger partial charge on any atom is -0.341 e. The van der Waals surface area contributed by atoms with Crippen LogP contribution in [-0.2, 0) is 9.59 Å². The lowest BCUT2D eigenvalue weighted by atomic mass is 10.3. The smallest absolute Gasteiger partial charge is 0.242 e. The van der Waals surface area contributed by atoms with Crippen molar-refractivity contribution in [2.24, 2.45) is 0 Å². The van der Waals surface area contributed by atoms with Crippen molar-refractivity contribution in [3.05, 3.63) is 0 Å². The maximum absolute atomic E-state index is 11.9. The molecule has 0 saturated carbocycles. The summed E-state index contributed by atoms with van der Waals surface area (Å²) in [6, 6.07) is 0. The van der Waals surface area contributed by atoms with Crippen molar-refractivity contribution in [1.29, 1.82) is 0 Å². The molecule has 18 heavy (non-hydrogen) atoms. The van der Waals surface area contributed by atoms with Crippen molar-refractivity contribution < 1.29 is 9.59 Å². The van der Waals surface area contributed by atoms with Crippen molar-refractivity contribution in [3.63, 3.8) is 0 Å². The van der Waals surface area contributed by atoms with Gasteiger partial charge in [-0.05, 0) is 26.2 Å². The Morgan fingerprint density at radius 3 is 2.11 bits per heavy atom. The molecule has 1 fully saturated rings. The van der Waals surface area contributed by atoms with Crippen molar-refractivity contribution in [2.75, 3.05) is 26.2 Å². The van der Waals surface area contributed by atoms with Crippen LogP contribution in [0.5, 0.6) is 0 Å². The average molecular weight is 256 g/mol. The van der Waals surface area contributed by atoms with Gasteiger partial charge in [-0.2, -0.15) is 0 Å². The molecule has 0 aromatic rings. The van der Waals surface area contributed by atoms with Crippen molar-refractivity contribution in [3.8, 4) is 0 Å². The van der Waals surface area contributed by atoms with Crippen LogP contribution in [0, 0.1) is 0 Å². The van der Waals surface area contributed by atoms with Gasteiger partial charge in [0.05, 0.1) is 6.54 Å². The number of nitrogens with zero attached hydrogens (tertiary/aromatic N) is 2. The van der Waals surface area contributed by atoms with E-state index in [-0.39, 0.29) is 18.4 Å². The number of amides is 2. The minimum atomic E-state index is 0.0950. The van der Waals surface area contributed by atoms with Crippen LogP contribution in [0.4, 0.5) is 0 Å². The molecule has 0 spiro atoms. The Hall–Kier alpha value is -1.06. The molecular weight excluding hydrogens is 228 g/mol. The van der Waals surface area contributed by atoms with Gasteiger partial charge in [0.15, 0.2) is 0 Å². The van der Waals surface area contributed by atoms with Crippen LogP contribution in [0.1, 0.15) is 53.4 Å². The first-order valence-electron chi connectivity index (χ1n) is 7.24. The van der Waals surface area contributed by atoms with E-state index in [0.29, 0.717) is 13.0 Å². The lowest BCUT2D eigenvalue weighted by Gasteiger charge is -2.23. The van der Waals surface area contributed by atoms with E-state index in [1.54, 1.807) is 4.90 Å². The van der Waals surface area contributed by atoms with Gasteiger partial charge in [0.2, 0.25) is 11.8 Å². The molecule has 1 aliphatic heterocycles. The van der Waals surface area contributed by atoms with E-state index in [9.17, 15) is 9.59 Å². The van der Waals surface area contributed by atoms with Gasteiger partial charge in [-0.1, -0.05) is 20.8 Å². The largest absolute Gasteiger partial charge is 0.341 e. The third kappa shape index (κ3) is 5.52. The predicted molar refractivity (Wildman–Crippen MR) is 74.3 cm³/mol. The first-order chi connectivity index (χ1) is 8.69. The number of carbonyl (C=O) groups excluding carboxylic acids is 2. The zero-order chi connectivity index (χ0) is 14.0. The highest BCUT2D eigenvalue weighted by atomic mass is 16.2. The van der Waals surface area contributed by atoms with E-state index in [4.69, 9.17) is 0 Å². The Kier molecular flexibility index (Phi) is 9.33. The van der Waals surface area contributed by atoms with E-state index in [0.717, 1.165) is 32.4 Å². The Morgan fingerprint density at radius 2 is 1.67 bits per heavy atom. The molecule has 4 heteroatoms. The summed E-state index contributed by atoms with van der Waals surface area (Å²) in [6.07, 6.45) is 3.58. The van der Waals surface area contributed by atoms with Crippen molar-refractivity contribution in [1.82, 2.24) is 9.80 Å². The molecule has 1 aliphatic rings. The molecule has 0 aliphatic carbocycles. The molecule has 0 unspecified atom stereocenters. The summed E-state index contributed by atoms with van der Waals surface area (Å²) in [5, 5.41) is 0. The Balaban J connectivity index is 0.00000137. The third-order valence-corrected chi connectivity index (χ3v) is 2.98. The molecule has 4 nitrogen and oxygen atoms in total. The maximum atomic E-state index is 11.9. The number of hydrogen-bond acceptors (Lipinski definition) is 2. The van der Waals surface area contributed by atoms with Crippen LogP contribution in [0.15, 0.2) is 0 Å². The molecule has 0 N–H and O–H groups in total. The number of hydrogen-bond donors (Lipinski definition) is 0. The Labute approximate surface area is 111 Å². The molecule has 0 atom stereocenters. The fourth-order valence-electron chi connectivity index (χ4n) is 1.98. The molecule has 0 bridgehead atoms. The topological polar surface area (TPSA) is 40.6 Å². The van der Waals surface area contributed by atoms with E-state index in [1.165, 1.54) is 0 Å². The van der Waals surface area contributed by atoms with E-state index < -0.39 is 0 Å². The quantitative estimate of drug-likeness (QED) is 0.757. The Bertz CT molecular complexity index is 248. The van der Waals surface area contributed by atoms with Crippen LogP contribution < -0.4 is 0 Å². The fraction of sp³-hybridized carbons (Fsp3) is 0.857. The molecule has 2 amide bonds. The van der Waals surface area contributed by atoms with Gasteiger partial charge in [-0.3, -0.25) is 9.59 Å². The second kappa shape index (κ2) is 9.92. The zero-order valence-electron chi connectivity index (χ0n) is 12.4. The highest BCUT2D eigenvalue weighted by Crippen LogP contribution is 2.08. The van der Waals surface area contributed by atoms with Gasteiger partial charge in [0.1, 0.15) is 0 Å². The van der Waals surface area contributed by atoms with Crippen molar-refractivity contribution in [2.45, 2.75) is 53.4 Å². The summed E-state index contributed by atoms with van der Waals surface area (Å²) in [6.45, 7) is 10.5. The monoisotopic (exact) mass is 256 g/mol. The number of likely N-dealkylation sites (tertiary alicyclic amines) is 1. The standard InChI is InChI=1S/C12H22N2O2.C2H6/c1-3-7-11(15)13(4-2)10-12(16)14-8-5-6-9-14;1-2/h3-10H2,1-2H3;1-2H3. The SMILES string of the molecule is CC.CCCC(=O)N(CC)CC(=O)N1CCCC1. The van der Waals surface area contributed by atoms with Gasteiger partial charge in [-0.15, -0.1) is 0 Å². The van der Waals surface area contributed by atoms with Gasteiger partial charge in [-0.25, -0.2) is 0 Å². The first-order valence-corrected chi connectivity index (χ1v) is 7.24. The molecule has 106 valence electrons. The number of likely N-dealkylation sites (N-methyl/N-ethyl adjacent to an activating group) is 1. The molecular formula is C14H28N2O2. The van der Waals surface area contributed by atoms with Gasteiger partial charge < -0.3 is 9.80 Å². The molecule has 1 saturated heterocycles. The summed E-state index contributed by atoms with van der Waals surface area (Å²) in [4.78, 5) is 27.1. The molecule has 0 radical (unpaired) electrons. The molecule has 1 heterocycles. The number of rotatable bonds is 5. The van der Waals surface area contributed by atoms with Crippen LogP contribution in [0.2, 0.25) is 0 Å². The van der Waals surface area contributed by atoms with E-state index in [2.05, 4.69) is 0 Å². The molecule has 0 aromatic heterocycles. The highest BCUT2D eigenvalue weighted by molar-refractivity contribution is 5.84. The summed E-state index contributed by atoms with van der Waals surface area (Å²) >= 11 is 0. The first kappa shape index (κ1) is 16.9. The van der Waals surface area contributed by atoms with Gasteiger partial charge in [0, 0.05) is 26.1 Å². The van der Waals surface area contributed by atoms with Crippen LogP contribution >= 0.6 is 0 Å². The lowest BCUT2D eigenvalue weighted by Crippen LogP contribution is -2.41. The predicted octanol–water partition coefficient (Wildman–Crippen LogP) is 2.28. The van der Waals surface area contributed by atoms with Crippen LogP contribution in [-0.4, -0.2) is 47.8 Å². The minimum absolute atomic E-state index is 0.0950. The van der Waals surface area contributed by atoms with Gasteiger partial charge in [0.25, 0.3) is 0 Å². The Morgan fingerprint density at radius 1 is 1.11 bits per heavy atom. The normalized spacial score (nSPS) is 13.9. The summed E-state index contributed by atoms with van der Waals surface area (Å²) in [5.74, 6) is 0.196. The van der Waals surface area contributed by atoms with Crippen molar-refractivity contribution >= 4 is 11.8 Å².